The van der Waals surface area contributed by atoms with Crippen LogP contribution >= 0.6 is 0 Å². The van der Waals surface area contributed by atoms with Gasteiger partial charge in [0.2, 0.25) is 5.91 Å². The van der Waals surface area contributed by atoms with E-state index >= 15 is 0 Å². The average Bonchev–Trinajstić information content (AvgIpc) is 3.11. The van der Waals surface area contributed by atoms with Crippen LogP contribution in [0.1, 0.15) is 61.1 Å². The number of carbonyl (C=O) groups is 2. The summed E-state index contributed by atoms with van der Waals surface area (Å²) >= 11 is 0. The molecule has 4 rings (SSSR count). The first-order valence-electron chi connectivity index (χ1n) is 13.6. The number of aliphatic hydroxyl groups is 1. The van der Waals surface area contributed by atoms with Crippen LogP contribution in [0.5, 0.6) is 0 Å². The summed E-state index contributed by atoms with van der Waals surface area (Å²) in [5, 5.41) is 13.8. The Morgan fingerprint density at radius 2 is 1.68 bits per heavy atom. The number of piperidine rings is 1. The van der Waals surface area contributed by atoms with Gasteiger partial charge >= 0.3 is 6.18 Å². The van der Waals surface area contributed by atoms with E-state index in [0.717, 1.165) is 5.56 Å². The molecule has 2 heterocycles. The Kier molecular flexibility index (Phi) is 8.40. The van der Waals surface area contributed by atoms with Crippen molar-refractivity contribution in [3.05, 3.63) is 83.4 Å². The zero-order valence-corrected chi connectivity index (χ0v) is 23.6. The lowest BCUT2D eigenvalue weighted by molar-refractivity contribution is -0.139. The van der Waals surface area contributed by atoms with Gasteiger partial charge in [0.15, 0.2) is 6.23 Å². The molecule has 2 saturated heterocycles. The first kappa shape index (κ1) is 30.4. The van der Waals surface area contributed by atoms with Gasteiger partial charge < -0.3 is 25.1 Å². The zero-order valence-electron chi connectivity index (χ0n) is 23.6. The molecule has 0 aromatic heterocycles. The van der Waals surface area contributed by atoms with Crippen molar-refractivity contribution in [1.29, 1.82) is 0 Å². The van der Waals surface area contributed by atoms with Crippen LogP contribution in [0.15, 0.2) is 60.9 Å². The van der Waals surface area contributed by atoms with E-state index in [2.05, 4.69) is 16.8 Å². The number of carbonyl (C=O) groups excluding carboxylic acids is 2. The molecule has 2 amide bonds. The maximum Gasteiger partial charge on any atom is 0.416 e. The number of likely N-dealkylation sites (tertiary alicyclic amines) is 1. The number of benzene rings is 2. The molecule has 2 fully saturated rings. The van der Waals surface area contributed by atoms with Crippen LogP contribution in [-0.2, 0) is 11.0 Å². The molecular weight excluding hydrogens is 540 g/mol. The number of rotatable bonds is 6. The van der Waals surface area contributed by atoms with E-state index < -0.39 is 58.7 Å². The van der Waals surface area contributed by atoms with Gasteiger partial charge in [-0.2, -0.15) is 13.2 Å². The second kappa shape index (κ2) is 11.3. The number of halogens is 4. The number of nitrogens with zero attached hydrogens (tertiary/aromatic N) is 3. The quantitative estimate of drug-likeness (QED) is 0.486. The van der Waals surface area contributed by atoms with Gasteiger partial charge in [0.25, 0.3) is 5.91 Å². The highest BCUT2D eigenvalue weighted by molar-refractivity contribution is 5.98. The van der Waals surface area contributed by atoms with E-state index in [9.17, 15) is 32.3 Å². The third-order valence-electron chi connectivity index (χ3n) is 8.38. The predicted molar refractivity (Wildman–Crippen MR) is 146 cm³/mol. The van der Waals surface area contributed by atoms with Crippen LogP contribution in [0, 0.1) is 11.7 Å². The summed E-state index contributed by atoms with van der Waals surface area (Å²) in [4.78, 5) is 31.9. The molecule has 3 atom stereocenters. The van der Waals surface area contributed by atoms with Crippen LogP contribution in [0.2, 0.25) is 0 Å². The molecule has 0 radical (unpaired) electrons. The Morgan fingerprint density at radius 1 is 1.07 bits per heavy atom. The smallest absolute Gasteiger partial charge is 0.371 e. The maximum atomic E-state index is 14.3. The second-order valence-electron chi connectivity index (χ2n) is 11.2. The molecule has 2 N–H and O–H groups in total. The summed E-state index contributed by atoms with van der Waals surface area (Å²) in [7, 11) is 1.78. The van der Waals surface area contributed by atoms with Gasteiger partial charge in [-0.1, -0.05) is 50.8 Å². The summed E-state index contributed by atoms with van der Waals surface area (Å²) in [6, 6.07) is 10.3. The standard InChI is InChI=1S/C30H36F4N4O3/c1-18(2)25(35-26(39)23-17-22(30(32,33)34)11-12-24(23)31)27(40)37-15-13-29(14-16-37)28(41)36(5)20(4)38(29)19(3)21-9-7-6-8-10-21/h6-12,17-19,25,28,41H,4,13-16H2,1-3,5H3,(H,35,39)/t19-,25-,28?/m1/s1. The minimum atomic E-state index is -4.75. The lowest BCUT2D eigenvalue weighted by atomic mass is 9.83. The van der Waals surface area contributed by atoms with Crippen LogP contribution in [0.25, 0.3) is 0 Å². The monoisotopic (exact) mass is 576 g/mol. The van der Waals surface area contributed by atoms with E-state index in [4.69, 9.17) is 0 Å². The number of amides is 2. The highest BCUT2D eigenvalue weighted by Crippen LogP contribution is 2.47. The van der Waals surface area contributed by atoms with E-state index in [1.807, 2.05) is 37.3 Å². The maximum absolute atomic E-state index is 14.3. The summed E-state index contributed by atoms with van der Waals surface area (Å²) in [5.74, 6) is -2.38. The second-order valence-corrected chi connectivity index (χ2v) is 11.2. The van der Waals surface area contributed by atoms with Crippen molar-refractivity contribution in [3.63, 3.8) is 0 Å². The molecule has 222 valence electrons. The van der Waals surface area contributed by atoms with Gasteiger partial charge in [0.1, 0.15) is 11.9 Å². The Bertz CT molecular complexity index is 1290. The topological polar surface area (TPSA) is 76.1 Å². The molecule has 0 aliphatic carbocycles. The molecular formula is C30H36F4N4O3. The SMILES string of the molecule is C=C1N(C)C(O)C2(CCN(C(=O)[C@H](NC(=O)c3cc(C(F)(F)F)ccc3F)C(C)C)CC2)N1[C@H](C)c1ccccc1. The minimum absolute atomic E-state index is 0.101. The molecule has 0 saturated carbocycles. The molecule has 2 aromatic rings. The first-order chi connectivity index (χ1) is 19.2. The molecule has 1 unspecified atom stereocenters. The number of alkyl halides is 3. The number of hydrogen-bond donors (Lipinski definition) is 2. The van der Waals surface area contributed by atoms with Gasteiger partial charge in [0.05, 0.1) is 28.5 Å². The van der Waals surface area contributed by atoms with Gasteiger partial charge in [-0.25, -0.2) is 4.39 Å². The van der Waals surface area contributed by atoms with Gasteiger partial charge in [-0.15, -0.1) is 0 Å². The predicted octanol–water partition coefficient (Wildman–Crippen LogP) is 4.76. The molecule has 41 heavy (non-hydrogen) atoms. The normalized spacial score (nSPS) is 20.5. The minimum Gasteiger partial charge on any atom is -0.371 e. The van der Waals surface area contributed by atoms with Gasteiger partial charge in [0, 0.05) is 20.1 Å². The first-order valence-corrected chi connectivity index (χ1v) is 13.6. The molecule has 2 aliphatic heterocycles. The summed E-state index contributed by atoms with van der Waals surface area (Å²) in [6.07, 6.45) is -4.78. The largest absolute Gasteiger partial charge is 0.416 e. The van der Waals surface area contributed by atoms with Crippen molar-refractivity contribution in [2.75, 3.05) is 20.1 Å². The van der Waals surface area contributed by atoms with Crippen LogP contribution in [0.4, 0.5) is 17.6 Å². The third-order valence-corrected chi connectivity index (χ3v) is 8.38. The van der Waals surface area contributed by atoms with Crippen molar-refractivity contribution in [2.24, 2.45) is 5.92 Å². The van der Waals surface area contributed by atoms with Crippen LogP contribution in [-0.4, -0.2) is 69.6 Å². The molecule has 2 aromatic carbocycles. The number of likely N-dealkylation sites (N-methyl/N-ethyl adjacent to an activating group) is 1. The number of hydrogen-bond acceptors (Lipinski definition) is 5. The zero-order chi connectivity index (χ0) is 30.3. The fourth-order valence-corrected chi connectivity index (χ4v) is 5.96. The van der Waals surface area contributed by atoms with Crippen molar-refractivity contribution in [1.82, 2.24) is 20.0 Å². The summed E-state index contributed by atoms with van der Waals surface area (Å²) < 4.78 is 53.8. The Morgan fingerprint density at radius 3 is 2.24 bits per heavy atom. The van der Waals surface area contributed by atoms with E-state index in [1.54, 1.807) is 30.7 Å². The third kappa shape index (κ3) is 5.64. The Balaban J connectivity index is 1.52. The van der Waals surface area contributed by atoms with Crippen molar-refractivity contribution >= 4 is 11.8 Å². The Labute approximate surface area is 237 Å². The van der Waals surface area contributed by atoms with Gasteiger partial charge in [-0.05, 0) is 49.4 Å². The molecule has 7 nitrogen and oxygen atoms in total. The Hall–Kier alpha value is -3.60. The molecule has 1 spiro atoms. The highest BCUT2D eigenvalue weighted by Gasteiger charge is 2.56. The van der Waals surface area contributed by atoms with Crippen LogP contribution in [0.3, 0.4) is 0 Å². The lowest BCUT2D eigenvalue weighted by Crippen LogP contribution is -2.61. The van der Waals surface area contributed by atoms with Crippen molar-refractivity contribution < 1.29 is 32.3 Å². The van der Waals surface area contributed by atoms with Crippen molar-refractivity contribution in [2.45, 2.75) is 63.6 Å². The summed E-state index contributed by atoms with van der Waals surface area (Å²) in [5.41, 5.74) is -1.60. The van der Waals surface area contributed by atoms with E-state index in [0.29, 0.717) is 36.9 Å². The summed E-state index contributed by atoms with van der Waals surface area (Å²) in [6.45, 7) is 10.2. The van der Waals surface area contributed by atoms with Crippen molar-refractivity contribution in [3.8, 4) is 0 Å². The molecule has 11 heteroatoms. The van der Waals surface area contributed by atoms with E-state index in [1.165, 1.54) is 0 Å². The van der Waals surface area contributed by atoms with Crippen LogP contribution < -0.4 is 5.32 Å². The highest BCUT2D eigenvalue weighted by atomic mass is 19.4. The fourth-order valence-electron chi connectivity index (χ4n) is 5.96. The fraction of sp³-hybridized carbons (Fsp3) is 0.467. The lowest BCUT2D eigenvalue weighted by Gasteiger charge is -2.49. The van der Waals surface area contributed by atoms with E-state index in [-0.39, 0.29) is 19.1 Å². The average molecular weight is 577 g/mol. The number of aliphatic hydroxyl groups excluding tert-OH is 1. The van der Waals surface area contributed by atoms with Gasteiger partial charge in [-0.3, -0.25) is 9.59 Å². The number of nitrogens with one attached hydrogen (secondary N) is 1. The molecule has 0 bridgehead atoms. The molecule has 2 aliphatic rings.